The average Bonchev–Trinajstić information content (AvgIpc) is 2.48. The Morgan fingerprint density at radius 2 is 1.76 bits per heavy atom. The Morgan fingerprint density at radius 1 is 1.10 bits per heavy atom. The maximum Gasteiger partial charge on any atom is 0.238 e. The standard InChI is InChI=1S/C17H20N2O2/c1-19(11-12-20)13-17(21)18-16-10-6-5-9-15(16)14-7-3-2-4-8-14/h2-10,20H,11-13H2,1H3,(H,18,21). The molecule has 21 heavy (non-hydrogen) atoms. The number of nitrogens with zero attached hydrogens (tertiary/aromatic N) is 1. The monoisotopic (exact) mass is 284 g/mol. The fraction of sp³-hybridized carbons (Fsp3) is 0.235. The van der Waals surface area contributed by atoms with E-state index in [1.54, 1.807) is 11.9 Å². The largest absolute Gasteiger partial charge is 0.395 e. The SMILES string of the molecule is CN(CCO)CC(=O)Nc1ccccc1-c1ccccc1. The van der Waals surface area contributed by atoms with Crippen LogP contribution in [0.15, 0.2) is 54.6 Å². The number of likely N-dealkylation sites (N-methyl/N-ethyl adjacent to an activating group) is 1. The lowest BCUT2D eigenvalue weighted by Crippen LogP contribution is -2.32. The summed E-state index contributed by atoms with van der Waals surface area (Å²) in [7, 11) is 1.80. The number of amides is 1. The van der Waals surface area contributed by atoms with Gasteiger partial charge in [-0.3, -0.25) is 9.69 Å². The summed E-state index contributed by atoms with van der Waals surface area (Å²) < 4.78 is 0. The van der Waals surface area contributed by atoms with Crippen molar-refractivity contribution in [2.45, 2.75) is 0 Å². The van der Waals surface area contributed by atoms with Crippen LogP contribution in [0.3, 0.4) is 0 Å². The molecule has 4 nitrogen and oxygen atoms in total. The Bertz CT molecular complexity index is 584. The number of carbonyl (C=O) groups is 1. The molecule has 0 aliphatic carbocycles. The van der Waals surface area contributed by atoms with E-state index < -0.39 is 0 Å². The number of nitrogens with one attached hydrogen (secondary N) is 1. The first-order valence-electron chi connectivity index (χ1n) is 6.94. The van der Waals surface area contributed by atoms with Gasteiger partial charge in [0.2, 0.25) is 5.91 Å². The van der Waals surface area contributed by atoms with Gasteiger partial charge in [-0.25, -0.2) is 0 Å². The van der Waals surface area contributed by atoms with Gasteiger partial charge in [0.15, 0.2) is 0 Å². The van der Waals surface area contributed by atoms with Crippen LogP contribution in [0.1, 0.15) is 0 Å². The zero-order chi connectivity index (χ0) is 15.1. The lowest BCUT2D eigenvalue weighted by atomic mass is 10.0. The van der Waals surface area contributed by atoms with Crippen LogP contribution in [0.25, 0.3) is 11.1 Å². The highest BCUT2D eigenvalue weighted by Crippen LogP contribution is 2.27. The number of rotatable bonds is 6. The maximum atomic E-state index is 12.0. The van der Waals surface area contributed by atoms with Crippen LogP contribution in [-0.2, 0) is 4.79 Å². The van der Waals surface area contributed by atoms with Gasteiger partial charge >= 0.3 is 0 Å². The number of benzene rings is 2. The smallest absolute Gasteiger partial charge is 0.238 e. The Hall–Kier alpha value is -2.17. The van der Waals surface area contributed by atoms with Crippen LogP contribution in [0, 0.1) is 0 Å². The van der Waals surface area contributed by atoms with Crippen molar-refractivity contribution in [1.29, 1.82) is 0 Å². The summed E-state index contributed by atoms with van der Waals surface area (Å²) in [4.78, 5) is 13.8. The average molecular weight is 284 g/mol. The fourth-order valence-electron chi connectivity index (χ4n) is 2.15. The van der Waals surface area contributed by atoms with E-state index >= 15 is 0 Å². The molecule has 4 heteroatoms. The van der Waals surface area contributed by atoms with Crippen LogP contribution in [-0.4, -0.2) is 42.7 Å². The molecule has 0 bridgehead atoms. The van der Waals surface area contributed by atoms with E-state index in [9.17, 15) is 4.79 Å². The molecule has 0 saturated carbocycles. The first kappa shape index (κ1) is 15.2. The highest BCUT2D eigenvalue weighted by molar-refractivity contribution is 5.96. The third-order valence-corrected chi connectivity index (χ3v) is 3.18. The van der Waals surface area contributed by atoms with Gasteiger partial charge < -0.3 is 10.4 Å². The van der Waals surface area contributed by atoms with E-state index in [0.29, 0.717) is 6.54 Å². The van der Waals surface area contributed by atoms with Gasteiger partial charge in [-0.05, 0) is 18.7 Å². The highest BCUT2D eigenvalue weighted by Gasteiger charge is 2.09. The number of carbonyl (C=O) groups excluding carboxylic acids is 1. The molecule has 0 unspecified atom stereocenters. The van der Waals surface area contributed by atoms with Gasteiger partial charge in [0.05, 0.1) is 13.2 Å². The predicted molar refractivity (Wildman–Crippen MR) is 85.1 cm³/mol. The minimum absolute atomic E-state index is 0.0460. The van der Waals surface area contributed by atoms with E-state index in [4.69, 9.17) is 5.11 Å². The molecule has 0 radical (unpaired) electrons. The van der Waals surface area contributed by atoms with Crippen LogP contribution in [0.2, 0.25) is 0 Å². The Balaban J connectivity index is 2.12. The van der Waals surface area contributed by atoms with Crippen LogP contribution >= 0.6 is 0 Å². The molecule has 2 aromatic rings. The summed E-state index contributed by atoms with van der Waals surface area (Å²) in [5.74, 6) is -0.0886. The first-order chi connectivity index (χ1) is 10.2. The normalized spacial score (nSPS) is 10.6. The number of aliphatic hydroxyl groups excluding tert-OH is 1. The molecule has 2 rings (SSSR count). The van der Waals surface area contributed by atoms with E-state index in [2.05, 4.69) is 5.32 Å². The Kier molecular flexibility index (Phi) is 5.49. The fourth-order valence-corrected chi connectivity index (χ4v) is 2.15. The summed E-state index contributed by atoms with van der Waals surface area (Å²) in [5, 5.41) is 11.8. The number of aliphatic hydroxyl groups is 1. The zero-order valence-electron chi connectivity index (χ0n) is 12.1. The molecule has 0 spiro atoms. The predicted octanol–water partition coefficient (Wildman–Crippen LogP) is 2.22. The van der Waals surface area contributed by atoms with Gasteiger partial charge in [-0.2, -0.15) is 0 Å². The minimum atomic E-state index is -0.0886. The van der Waals surface area contributed by atoms with Crippen LogP contribution in [0.4, 0.5) is 5.69 Å². The van der Waals surface area contributed by atoms with Gasteiger partial charge in [0, 0.05) is 17.8 Å². The van der Waals surface area contributed by atoms with E-state index in [-0.39, 0.29) is 19.1 Å². The second-order valence-electron chi connectivity index (χ2n) is 4.92. The van der Waals surface area contributed by atoms with E-state index in [0.717, 1.165) is 16.8 Å². The van der Waals surface area contributed by atoms with Crippen molar-refractivity contribution in [3.8, 4) is 11.1 Å². The topological polar surface area (TPSA) is 52.6 Å². The summed E-state index contributed by atoms with van der Waals surface area (Å²) in [6.45, 7) is 0.780. The second kappa shape index (κ2) is 7.57. The molecule has 1 amide bonds. The van der Waals surface area contributed by atoms with Gasteiger partial charge in [0.1, 0.15) is 0 Å². The second-order valence-corrected chi connectivity index (χ2v) is 4.92. The number of para-hydroxylation sites is 1. The van der Waals surface area contributed by atoms with Crippen LogP contribution < -0.4 is 5.32 Å². The molecule has 0 saturated heterocycles. The van der Waals surface area contributed by atoms with Gasteiger partial charge in [-0.15, -0.1) is 0 Å². The zero-order valence-corrected chi connectivity index (χ0v) is 12.1. The van der Waals surface area contributed by atoms with Crippen molar-refractivity contribution in [3.05, 3.63) is 54.6 Å². The number of hydrogen-bond donors (Lipinski definition) is 2. The van der Waals surface area contributed by atoms with Crippen molar-refractivity contribution in [1.82, 2.24) is 4.90 Å². The maximum absolute atomic E-state index is 12.0. The van der Waals surface area contributed by atoms with Gasteiger partial charge in [-0.1, -0.05) is 48.5 Å². The highest BCUT2D eigenvalue weighted by atomic mass is 16.3. The molecule has 0 aliphatic heterocycles. The molecule has 0 fully saturated rings. The molecule has 110 valence electrons. The first-order valence-corrected chi connectivity index (χ1v) is 6.94. The minimum Gasteiger partial charge on any atom is -0.395 e. The Labute approximate surface area is 125 Å². The van der Waals surface area contributed by atoms with Crippen molar-refractivity contribution < 1.29 is 9.90 Å². The molecule has 0 heterocycles. The summed E-state index contributed by atoms with van der Waals surface area (Å²) in [6, 6.07) is 17.7. The summed E-state index contributed by atoms with van der Waals surface area (Å²) >= 11 is 0. The third kappa shape index (κ3) is 4.41. The van der Waals surface area contributed by atoms with Crippen molar-refractivity contribution >= 4 is 11.6 Å². The molecule has 0 aromatic heterocycles. The van der Waals surface area contributed by atoms with Crippen molar-refractivity contribution in [2.24, 2.45) is 0 Å². The number of hydrogen-bond acceptors (Lipinski definition) is 3. The third-order valence-electron chi connectivity index (χ3n) is 3.18. The Morgan fingerprint density at radius 3 is 2.48 bits per heavy atom. The summed E-state index contributed by atoms with van der Waals surface area (Å²) in [5.41, 5.74) is 2.86. The lowest BCUT2D eigenvalue weighted by Gasteiger charge is -2.16. The van der Waals surface area contributed by atoms with Gasteiger partial charge in [0.25, 0.3) is 0 Å². The molecule has 0 atom stereocenters. The van der Waals surface area contributed by atoms with Crippen molar-refractivity contribution in [3.63, 3.8) is 0 Å². The summed E-state index contributed by atoms with van der Waals surface area (Å²) in [6.07, 6.45) is 0. The number of anilines is 1. The lowest BCUT2D eigenvalue weighted by molar-refractivity contribution is -0.117. The quantitative estimate of drug-likeness (QED) is 0.855. The molecule has 2 N–H and O–H groups in total. The molecule has 2 aromatic carbocycles. The molecular formula is C17H20N2O2. The molecule has 0 aliphatic rings. The molecular weight excluding hydrogens is 264 g/mol. The van der Waals surface area contributed by atoms with E-state index in [1.165, 1.54) is 0 Å². The van der Waals surface area contributed by atoms with Crippen molar-refractivity contribution in [2.75, 3.05) is 32.1 Å². The van der Waals surface area contributed by atoms with E-state index in [1.807, 2.05) is 54.6 Å². The van der Waals surface area contributed by atoms with Crippen LogP contribution in [0.5, 0.6) is 0 Å².